The summed E-state index contributed by atoms with van der Waals surface area (Å²) in [6, 6.07) is 8.69. The Morgan fingerprint density at radius 3 is 2.90 bits per heavy atom. The molecule has 2 aliphatic heterocycles. The van der Waals surface area contributed by atoms with Crippen LogP contribution in [0.3, 0.4) is 0 Å². The summed E-state index contributed by atoms with van der Waals surface area (Å²) in [5, 5.41) is 4.33. The summed E-state index contributed by atoms with van der Waals surface area (Å²) in [6.45, 7) is 9.56. The number of ether oxygens (including phenoxy) is 1. The van der Waals surface area contributed by atoms with Crippen molar-refractivity contribution in [2.45, 2.75) is 44.6 Å². The fourth-order valence-electron chi connectivity index (χ4n) is 4.87. The first-order chi connectivity index (χ1) is 15.1. The van der Waals surface area contributed by atoms with Gasteiger partial charge in [0, 0.05) is 55.7 Å². The van der Waals surface area contributed by atoms with Gasteiger partial charge in [-0.2, -0.15) is 0 Å². The van der Waals surface area contributed by atoms with Crippen LogP contribution in [-0.4, -0.2) is 59.8 Å². The summed E-state index contributed by atoms with van der Waals surface area (Å²) in [6.07, 6.45) is 8.94. The van der Waals surface area contributed by atoms with Crippen molar-refractivity contribution in [2.75, 3.05) is 39.4 Å². The first-order valence-electron chi connectivity index (χ1n) is 11.5. The van der Waals surface area contributed by atoms with Gasteiger partial charge in [0.25, 0.3) is 0 Å². The highest BCUT2D eigenvalue weighted by Gasteiger charge is 2.35. The summed E-state index contributed by atoms with van der Waals surface area (Å²) in [5.74, 6) is 1.62. The lowest BCUT2D eigenvalue weighted by atomic mass is 9.74. The molecule has 0 aliphatic carbocycles. The second-order valence-electron chi connectivity index (χ2n) is 8.86. The number of nitrogens with one attached hydrogen (secondary N) is 1. The average Bonchev–Trinajstić information content (AvgIpc) is 3.32. The lowest BCUT2D eigenvalue weighted by Gasteiger charge is -2.40. The Morgan fingerprint density at radius 2 is 2.19 bits per heavy atom. The highest BCUT2D eigenvalue weighted by Crippen LogP contribution is 2.36. The average molecular weight is 444 g/mol. The van der Waals surface area contributed by atoms with E-state index in [-0.39, 0.29) is 5.41 Å². The van der Waals surface area contributed by atoms with E-state index in [9.17, 15) is 0 Å². The van der Waals surface area contributed by atoms with Crippen LogP contribution in [0.1, 0.15) is 44.7 Å². The monoisotopic (exact) mass is 443 g/mol. The van der Waals surface area contributed by atoms with Gasteiger partial charge in [-0.05, 0) is 49.8 Å². The predicted molar refractivity (Wildman–Crippen MR) is 126 cm³/mol. The van der Waals surface area contributed by atoms with Gasteiger partial charge < -0.3 is 19.5 Å². The zero-order valence-corrected chi connectivity index (χ0v) is 19.4. The van der Waals surface area contributed by atoms with Gasteiger partial charge in [-0.3, -0.25) is 4.99 Å². The van der Waals surface area contributed by atoms with Crippen LogP contribution in [0.15, 0.2) is 48.0 Å². The van der Waals surface area contributed by atoms with Gasteiger partial charge in [-0.25, -0.2) is 4.98 Å². The minimum atomic E-state index is -0.0311. The molecule has 31 heavy (non-hydrogen) atoms. The Labute approximate surface area is 190 Å². The largest absolute Gasteiger partial charge is 0.381 e. The van der Waals surface area contributed by atoms with E-state index in [4.69, 9.17) is 21.3 Å². The van der Waals surface area contributed by atoms with E-state index in [0.29, 0.717) is 12.0 Å². The van der Waals surface area contributed by atoms with Crippen molar-refractivity contribution >= 4 is 17.6 Å². The van der Waals surface area contributed by atoms with E-state index in [2.05, 4.69) is 51.9 Å². The summed E-state index contributed by atoms with van der Waals surface area (Å²) in [7, 11) is 0. The molecular weight excluding hydrogens is 410 g/mol. The molecule has 2 aromatic rings. The Morgan fingerprint density at radius 1 is 1.35 bits per heavy atom. The molecule has 0 bridgehead atoms. The molecule has 2 aliphatic rings. The van der Waals surface area contributed by atoms with Crippen molar-refractivity contribution in [2.24, 2.45) is 10.9 Å². The quantitative estimate of drug-likeness (QED) is 0.557. The standard InChI is InChI=1S/C24H34ClN5O/c1-3-27-23(29-11-7-19(2)22(16-29)30-12-10-26-18-30)28-17-24(8-13-31-14-9-24)20-5-4-6-21(25)15-20/h4-6,10,12,15,18-19,22H,3,7-9,11,13-14,16-17H2,1-2H3,(H,27,28). The van der Waals surface area contributed by atoms with Gasteiger partial charge in [0.1, 0.15) is 0 Å². The molecule has 2 fully saturated rings. The molecule has 0 amide bonds. The number of imidazole rings is 1. The second-order valence-corrected chi connectivity index (χ2v) is 9.30. The first kappa shape index (κ1) is 22.2. The molecule has 0 radical (unpaired) electrons. The number of aliphatic imine (C=N–C) groups is 1. The van der Waals surface area contributed by atoms with Gasteiger partial charge >= 0.3 is 0 Å². The molecular formula is C24H34ClN5O. The van der Waals surface area contributed by atoms with Gasteiger partial charge in [0.05, 0.1) is 18.9 Å². The zero-order chi connectivity index (χ0) is 21.7. The fourth-order valence-corrected chi connectivity index (χ4v) is 5.06. The maximum absolute atomic E-state index is 6.34. The number of hydrogen-bond donors (Lipinski definition) is 1. The number of nitrogens with zero attached hydrogens (tertiary/aromatic N) is 4. The van der Waals surface area contributed by atoms with Crippen molar-refractivity contribution in [1.82, 2.24) is 19.8 Å². The minimum Gasteiger partial charge on any atom is -0.381 e. The molecule has 1 aromatic carbocycles. The van der Waals surface area contributed by atoms with Crippen molar-refractivity contribution in [1.29, 1.82) is 0 Å². The van der Waals surface area contributed by atoms with Gasteiger partial charge in [0.2, 0.25) is 0 Å². The lowest BCUT2D eigenvalue weighted by Crippen LogP contribution is -2.49. The Hall–Kier alpha value is -2.05. The first-order valence-corrected chi connectivity index (χ1v) is 11.8. The van der Waals surface area contributed by atoms with E-state index in [1.165, 1.54) is 5.56 Å². The Kier molecular flexibility index (Phi) is 7.18. The summed E-state index contributed by atoms with van der Waals surface area (Å²) < 4.78 is 7.94. The molecule has 2 unspecified atom stereocenters. The molecule has 2 atom stereocenters. The van der Waals surface area contributed by atoms with Crippen LogP contribution in [0.4, 0.5) is 0 Å². The van der Waals surface area contributed by atoms with Gasteiger partial charge in [0.15, 0.2) is 5.96 Å². The zero-order valence-electron chi connectivity index (χ0n) is 18.6. The third-order valence-electron chi connectivity index (χ3n) is 6.88. The van der Waals surface area contributed by atoms with E-state index in [0.717, 1.165) is 69.6 Å². The summed E-state index contributed by atoms with van der Waals surface area (Å²) in [4.78, 5) is 11.9. The Bertz CT molecular complexity index is 863. The SMILES string of the molecule is CCNC(=NCC1(c2cccc(Cl)c2)CCOCC1)N1CCC(C)C(n2ccnc2)C1. The third kappa shape index (κ3) is 5.07. The lowest BCUT2D eigenvalue weighted by molar-refractivity contribution is 0.0529. The maximum Gasteiger partial charge on any atom is 0.194 e. The third-order valence-corrected chi connectivity index (χ3v) is 7.11. The van der Waals surface area contributed by atoms with Crippen molar-refractivity contribution in [3.8, 4) is 0 Å². The second kappa shape index (κ2) is 10.0. The van der Waals surface area contributed by atoms with Crippen LogP contribution in [-0.2, 0) is 10.2 Å². The van der Waals surface area contributed by atoms with Crippen molar-refractivity contribution in [3.63, 3.8) is 0 Å². The van der Waals surface area contributed by atoms with Gasteiger partial charge in [-0.15, -0.1) is 0 Å². The molecule has 0 spiro atoms. The number of aromatic nitrogens is 2. The molecule has 1 N–H and O–H groups in total. The van der Waals surface area contributed by atoms with E-state index >= 15 is 0 Å². The van der Waals surface area contributed by atoms with E-state index < -0.39 is 0 Å². The number of guanidine groups is 1. The number of likely N-dealkylation sites (tertiary alicyclic amines) is 1. The van der Waals surface area contributed by atoms with Crippen LogP contribution in [0.25, 0.3) is 0 Å². The number of piperidine rings is 1. The normalized spacial score (nSPS) is 24.2. The predicted octanol–water partition coefficient (Wildman–Crippen LogP) is 4.13. The minimum absolute atomic E-state index is 0.0311. The van der Waals surface area contributed by atoms with Crippen LogP contribution in [0.5, 0.6) is 0 Å². The molecule has 3 heterocycles. The van der Waals surface area contributed by atoms with Crippen LogP contribution in [0, 0.1) is 5.92 Å². The molecule has 168 valence electrons. The molecule has 6 nitrogen and oxygen atoms in total. The number of benzene rings is 1. The van der Waals surface area contributed by atoms with Gasteiger partial charge in [-0.1, -0.05) is 30.7 Å². The summed E-state index contributed by atoms with van der Waals surface area (Å²) in [5.41, 5.74) is 1.24. The van der Waals surface area contributed by atoms with Crippen molar-refractivity contribution in [3.05, 3.63) is 53.6 Å². The van der Waals surface area contributed by atoms with E-state index in [1.54, 1.807) is 0 Å². The van der Waals surface area contributed by atoms with E-state index in [1.807, 2.05) is 24.7 Å². The Balaban J connectivity index is 1.57. The fraction of sp³-hybridized carbons (Fsp3) is 0.583. The molecule has 2 saturated heterocycles. The molecule has 7 heteroatoms. The molecule has 1 aromatic heterocycles. The number of hydrogen-bond acceptors (Lipinski definition) is 3. The van der Waals surface area contributed by atoms with Crippen molar-refractivity contribution < 1.29 is 4.74 Å². The summed E-state index contributed by atoms with van der Waals surface area (Å²) >= 11 is 6.34. The van der Waals surface area contributed by atoms with Crippen LogP contribution >= 0.6 is 11.6 Å². The highest BCUT2D eigenvalue weighted by molar-refractivity contribution is 6.30. The molecule has 0 saturated carbocycles. The molecule has 4 rings (SSSR count). The number of rotatable bonds is 5. The van der Waals surface area contributed by atoms with Crippen LogP contribution in [0.2, 0.25) is 5.02 Å². The highest BCUT2D eigenvalue weighted by atomic mass is 35.5. The van der Waals surface area contributed by atoms with Crippen LogP contribution < -0.4 is 5.32 Å². The number of halogens is 1. The smallest absolute Gasteiger partial charge is 0.194 e. The maximum atomic E-state index is 6.34. The topological polar surface area (TPSA) is 54.7 Å².